The van der Waals surface area contributed by atoms with Crippen LogP contribution >= 0.6 is 11.8 Å². The van der Waals surface area contributed by atoms with Gasteiger partial charge in [0, 0.05) is 10.6 Å². The molecule has 0 aliphatic heterocycles. The highest BCUT2D eigenvalue weighted by molar-refractivity contribution is 7.98. The number of hydrogen-bond acceptors (Lipinski definition) is 4. The van der Waals surface area contributed by atoms with E-state index in [-0.39, 0.29) is 18.4 Å². The van der Waals surface area contributed by atoms with Crippen molar-refractivity contribution in [2.24, 2.45) is 0 Å². The predicted molar refractivity (Wildman–Crippen MR) is 118 cm³/mol. The van der Waals surface area contributed by atoms with Crippen LogP contribution in [0.15, 0.2) is 41.3 Å². The molecule has 0 heterocycles. The van der Waals surface area contributed by atoms with Gasteiger partial charge in [-0.1, -0.05) is 29.8 Å². The first-order chi connectivity index (χ1) is 13.2. The van der Waals surface area contributed by atoms with Crippen LogP contribution in [-0.2, 0) is 9.59 Å². The number of anilines is 2. The minimum atomic E-state index is -0.443. The summed E-state index contributed by atoms with van der Waals surface area (Å²) in [4.78, 5) is 27.9. The summed E-state index contributed by atoms with van der Waals surface area (Å²) < 4.78 is 0. The molecule has 0 aromatic heterocycles. The molecular formula is C22H29N3O2S. The molecule has 0 fully saturated rings. The number of carbonyl (C=O) groups is 2. The predicted octanol–water partition coefficient (Wildman–Crippen LogP) is 4.23. The van der Waals surface area contributed by atoms with Crippen molar-refractivity contribution in [2.75, 3.05) is 30.5 Å². The Morgan fingerprint density at radius 2 is 1.68 bits per heavy atom. The van der Waals surface area contributed by atoms with Gasteiger partial charge < -0.3 is 10.6 Å². The first-order valence-electron chi connectivity index (χ1n) is 9.24. The molecule has 0 saturated heterocycles. The van der Waals surface area contributed by atoms with Crippen LogP contribution in [0.4, 0.5) is 11.4 Å². The molecule has 0 aliphatic rings. The lowest BCUT2D eigenvalue weighted by Crippen LogP contribution is -2.43. The average Bonchev–Trinajstić information content (AvgIpc) is 2.64. The SMILES string of the molecule is CSc1ccccc1NC(=O)CN(C)C(C)C(=O)Nc1c(C)cc(C)cc1C. The van der Waals surface area contributed by atoms with Crippen molar-refractivity contribution in [3.05, 3.63) is 53.1 Å². The minimum Gasteiger partial charge on any atom is -0.324 e. The van der Waals surface area contributed by atoms with Gasteiger partial charge in [0.25, 0.3) is 0 Å². The maximum absolute atomic E-state index is 12.7. The van der Waals surface area contributed by atoms with Crippen molar-refractivity contribution >= 4 is 35.0 Å². The number of nitrogens with zero attached hydrogens (tertiary/aromatic N) is 1. The smallest absolute Gasteiger partial charge is 0.241 e. The van der Waals surface area contributed by atoms with Crippen LogP contribution in [0.1, 0.15) is 23.6 Å². The number of amides is 2. The third kappa shape index (κ3) is 5.59. The highest BCUT2D eigenvalue weighted by atomic mass is 32.2. The molecular weight excluding hydrogens is 370 g/mol. The number of thioether (sulfide) groups is 1. The molecule has 5 nitrogen and oxygen atoms in total. The quantitative estimate of drug-likeness (QED) is 0.684. The summed E-state index contributed by atoms with van der Waals surface area (Å²) in [7, 11) is 1.78. The van der Waals surface area contributed by atoms with Crippen molar-refractivity contribution in [1.82, 2.24) is 4.90 Å². The lowest BCUT2D eigenvalue weighted by Gasteiger charge is -2.24. The monoisotopic (exact) mass is 399 g/mol. The average molecular weight is 400 g/mol. The molecule has 2 N–H and O–H groups in total. The molecule has 0 aliphatic carbocycles. The zero-order chi connectivity index (χ0) is 20.8. The van der Waals surface area contributed by atoms with E-state index in [0.717, 1.165) is 27.4 Å². The first-order valence-corrected chi connectivity index (χ1v) is 10.5. The molecule has 2 aromatic carbocycles. The summed E-state index contributed by atoms with van der Waals surface area (Å²) in [6, 6.07) is 11.3. The summed E-state index contributed by atoms with van der Waals surface area (Å²) in [5.41, 5.74) is 4.87. The zero-order valence-electron chi connectivity index (χ0n) is 17.4. The molecule has 150 valence electrons. The van der Waals surface area contributed by atoms with Gasteiger partial charge in [-0.05, 0) is 64.3 Å². The summed E-state index contributed by atoms with van der Waals surface area (Å²) in [6.07, 6.45) is 1.97. The number of aryl methyl sites for hydroxylation is 3. The maximum Gasteiger partial charge on any atom is 0.241 e. The summed E-state index contributed by atoms with van der Waals surface area (Å²) >= 11 is 1.58. The normalized spacial score (nSPS) is 12.0. The van der Waals surface area contributed by atoms with Crippen molar-refractivity contribution in [1.29, 1.82) is 0 Å². The lowest BCUT2D eigenvalue weighted by molar-refractivity contribution is -0.122. The van der Waals surface area contributed by atoms with E-state index in [0.29, 0.717) is 0 Å². The molecule has 0 saturated carbocycles. The number of rotatable bonds is 7. The van der Waals surface area contributed by atoms with E-state index in [9.17, 15) is 9.59 Å². The molecule has 2 rings (SSSR count). The highest BCUT2D eigenvalue weighted by Crippen LogP contribution is 2.25. The van der Waals surface area contributed by atoms with Crippen LogP contribution in [0.3, 0.4) is 0 Å². The van der Waals surface area contributed by atoms with Crippen molar-refractivity contribution < 1.29 is 9.59 Å². The van der Waals surface area contributed by atoms with Crippen LogP contribution in [0.5, 0.6) is 0 Å². The Balaban J connectivity index is 1.99. The standard InChI is InChI=1S/C22H29N3O2S/c1-14-11-15(2)21(16(3)12-14)24-22(27)17(4)25(5)13-20(26)23-18-9-7-8-10-19(18)28-6/h7-12,17H,13H2,1-6H3,(H,23,26)(H,24,27). The van der Waals surface area contributed by atoms with Crippen LogP contribution in [0, 0.1) is 20.8 Å². The van der Waals surface area contributed by atoms with Crippen molar-refractivity contribution in [3.8, 4) is 0 Å². The molecule has 0 radical (unpaired) electrons. The van der Waals surface area contributed by atoms with Crippen LogP contribution in [-0.4, -0.2) is 42.6 Å². The van der Waals surface area contributed by atoms with E-state index in [1.54, 1.807) is 30.6 Å². The van der Waals surface area contributed by atoms with E-state index in [1.165, 1.54) is 5.56 Å². The first kappa shape index (κ1) is 22.0. The Kier molecular flexibility index (Phi) is 7.66. The Morgan fingerprint density at radius 1 is 1.07 bits per heavy atom. The molecule has 0 bridgehead atoms. The van der Waals surface area contributed by atoms with Gasteiger partial charge in [-0.2, -0.15) is 0 Å². The third-order valence-corrected chi connectivity index (χ3v) is 5.54. The number of likely N-dealkylation sites (N-methyl/N-ethyl adjacent to an activating group) is 1. The van der Waals surface area contributed by atoms with Gasteiger partial charge in [0.2, 0.25) is 11.8 Å². The summed E-state index contributed by atoms with van der Waals surface area (Å²) in [5.74, 6) is -0.277. The molecule has 2 amide bonds. The fraction of sp³-hybridized carbons (Fsp3) is 0.364. The summed E-state index contributed by atoms with van der Waals surface area (Å²) in [6.45, 7) is 7.94. The fourth-order valence-corrected chi connectivity index (χ4v) is 3.66. The zero-order valence-corrected chi connectivity index (χ0v) is 18.2. The third-order valence-electron chi connectivity index (χ3n) is 4.74. The number of para-hydroxylation sites is 1. The van der Waals surface area contributed by atoms with Crippen molar-refractivity contribution in [3.63, 3.8) is 0 Å². The largest absolute Gasteiger partial charge is 0.324 e. The van der Waals surface area contributed by atoms with E-state index in [1.807, 2.05) is 63.4 Å². The molecule has 1 unspecified atom stereocenters. The number of hydrogen-bond donors (Lipinski definition) is 2. The fourth-order valence-electron chi connectivity index (χ4n) is 3.11. The Morgan fingerprint density at radius 3 is 2.29 bits per heavy atom. The second-order valence-corrected chi connectivity index (χ2v) is 7.95. The molecule has 2 aromatic rings. The van der Waals surface area contributed by atoms with Gasteiger partial charge in [0.05, 0.1) is 18.3 Å². The Labute approximate surface area is 171 Å². The van der Waals surface area contributed by atoms with E-state index in [4.69, 9.17) is 0 Å². The summed E-state index contributed by atoms with van der Waals surface area (Å²) in [5, 5.41) is 5.94. The van der Waals surface area contributed by atoms with Gasteiger partial charge in [0.1, 0.15) is 0 Å². The van der Waals surface area contributed by atoms with E-state index < -0.39 is 6.04 Å². The van der Waals surface area contributed by atoms with Gasteiger partial charge >= 0.3 is 0 Å². The van der Waals surface area contributed by atoms with E-state index in [2.05, 4.69) is 10.6 Å². The lowest BCUT2D eigenvalue weighted by atomic mass is 10.0. The van der Waals surface area contributed by atoms with Crippen LogP contribution < -0.4 is 10.6 Å². The van der Waals surface area contributed by atoms with Crippen LogP contribution in [0.25, 0.3) is 0 Å². The maximum atomic E-state index is 12.7. The number of benzene rings is 2. The second kappa shape index (κ2) is 9.75. The van der Waals surface area contributed by atoms with Crippen LogP contribution in [0.2, 0.25) is 0 Å². The molecule has 28 heavy (non-hydrogen) atoms. The minimum absolute atomic E-state index is 0.128. The molecule has 6 heteroatoms. The number of carbonyl (C=O) groups excluding carboxylic acids is 2. The Hall–Kier alpha value is -2.31. The van der Waals surface area contributed by atoms with E-state index >= 15 is 0 Å². The van der Waals surface area contributed by atoms with Crippen molar-refractivity contribution in [2.45, 2.75) is 38.6 Å². The Bertz CT molecular complexity index is 844. The van der Waals surface area contributed by atoms with Gasteiger partial charge in [-0.15, -0.1) is 11.8 Å². The molecule has 0 spiro atoms. The van der Waals surface area contributed by atoms with Gasteiger partial charge in [-0.25, -0.2) is 0 Å². The number of nitrogens with one attached hydrogen (secondary N) is 2. The topological polar surface area (TPSA) is 61.4 Å². The van der Waals surface area contributed by atoms with Gasteiger partial charge in [-0.3, -0.25) is 14.5 Å². The second-order valence-electron chi connectivity index (χ2n) is 7.10. The highest BCUT2D eigenvalue weighted by Gasteiger charge is 2.21. The van der Waals surface area contributed by atoms with Gasteiger partial charge in [0.15, 0.2) is 0 Å². The molecule has 1 atom stereocenters.